The lowest BCUT2D eigenvalue weighted by molar-refractivity contribution is -0.118. The standard InChI is InChI=1S/C25H33N2O3/c1-7-24(3,4)18-12-13-22(21(14-18)25(5,6)8-2)30-16-23(29)27-20-11-9-10-19(15-20)26-17-28/h9-15H,7-8,16H2,1-6H3,(H,26,28)(H,27,29). The normalized spacial score (nSPS) is 11.7. The van der Waals surface area contributed by atoms with Crippen LogP contribution >= 0.6 is 0 Å². The molecule has 2 amide bonds. The molecule has 0 spiro atoms. The number of benzene rings is 2. The average Bonchev–Trinajstić information content (AvgIpc) is 2.72. The summed E-state index contributed by atoms with van der Waals surface area (Å²) in [6, 6.07) is 13.2. The van der Waals surface area contributed by atoms with Gasteiger partial charge in [0.2, 0.25) is 0 Å². The smallest absolute Gasteiger partial charge is 0.314 e. The van der Waals surface area contributed by atoms with Crippen molar-refractivity contribution in [3.63, 3.8) is 0 Å². The number of ether oxygens (including phenoxy) is 1. The zero-order valence-electron chi connectivity index (χ0n) is 18.9. The number of hydrogen-bond donors (Lipinski definition) is 2. The fourth-order valence-electron chi connectivity index (χ4n) is 3.07. The average molecular weight is 410 g/mol. The molecule has 0 saturated heterocycles. The first-order valence-electron chi connectivity index (χ1n) is 10.4. The van der Waals surface area contributed by atoms with Crippen LogP contribution in [0.3, 0.4) is 0 Å². The van der Waals surface area contributed by atoms with Gasteiger partial charge in [-0.05, 0) is 53.5 Å². The van der Waals surface area contributed by atoms with Crippen LogP contribution in [-0.4, -0.2) is 18.9 Å². The van der Waals surface area contributed by atoms with Crippen molar-refractivity contribution in [2.24, 2.45) is 0 Å². The van der Waals surface area contributed by atoms with Crippen molar-refractivity contribution in [1.29, 1.82) is 0 Å². The molecule has 0 bridgehead atoms. The van der Waals surface area contributed by atoms with E-state index < -0.39 is 0 Å². The van der Waals surface area contributed by atoms with E-state index >= 15 is 0 Å². The van der Waals surface area contributed by atoms with E-state index in [9.17, 15) is 9.59 Å². The topological polar surface area (TPSA) is 67.4 Å². The van der Waals surface area contributed by atoms with Crippen LogP contribution in [0.2, 0.25) is 0 Å². The van der Waals surface area contributed by atoms with Gasteiger partial charge in [0, 0.05) is 16.9 Å². The predicted molar refractivity (Wildman–Crippen MR) is 123 cm³/mol. The van der Waals surface area contributed by atoms with E-state index in [0.29, 0.717) is 11.4 Å². The highest BCUT2D eigenvalue weighted by atomic mass is 16.5. The molecule has 30 heavy (non-hydrogen) atoms. The Kier molecular flexibility index (Phi) is 7.65. The van der Waals surface area contributed by atoms with E-state index in [1.54, 1.807) is 30.7 Å². The Bertz CT molecular complexity index is 888. The SMILES string of the molecule is CCC(C)(C)c1ccc(OCC(=O)Nc2cccc(N[C]=O)c2)c(C(C)(C)CC)c1. The molecule has 0 aromatic heterocycles. The Morgan fingerprint density at radius 3 is 2.27 bits per heavy atom. The van der Waals surface area contributed by atoms with Gasteiger partial charge in [0.1, 0.15) is 5.75 Å². The van der Waals surface area contributed by atoms with Gasteiger partial charge < -0.3 is 15.4 Å². The summed E-state index contributed by atoms with van der Waals surface area (Å²) < 4.78 is 5.95. The van der Waals surface area contributed by atoms with Crippen molar-refractivity contribution < 1.29 is 14.3 Å². The van der Waals surface area contributed by atoms with Crippen molar-refractivity contribution in [2.75, 3.05) is 17.2 Å². The van der Waals surface area contributed by atoms with Gasteiger partial charge in [0.05, 0.1) is 0 Å². The van der Waals surface area contributed by atoms with Crippen LogP contribution in [0, 0.1) is 0 Å². The summed E-state index contributed by atoms with van der Waals surface area (Å²) in [6.45, 7) is 13.1. The maximum absolute atomic E-state index is 12.4. The van der Waals surface area contributed by atoms with Crippen LogP contribution in [0.15, 0.2) is 42.5 Å². The third-order valence-corrected chi connectivity index (χ3v) is 5.96. The molecular formula is C25H33N2O3. The Morgan fingerprint density at radius 1 is 0.967 bits per heavy atom. The van der Waals surface area contributed by atoms with Gasteiger partial charge in [0.25, 0.3) is 5.91 Å². The molecule has 0 heterocycles. The first-order valence-corrected chi connectivity index (χ1v) is 10.4. The Morgan fingerprint density at radius 2 is 1.63 bits per heavy atom. The van der Waals surface area contributed by atoms with E-state index in [2.05, 4.69) is 64.3 Å². The fraction of sp³-hybridized carbons (Fsp3) is 0.440. The molecule has 0 fully saturated rings. The maximum Gasteiger partial charge on any atom is 0.314 e. The molecule has 0 aliphatic rings. The highest BCUT2D eigenvalue weighted by molar-refractivity contribution is 5.92. The predicted octanol–water partition coefficient (Wildman–Crippen LogP) is 5.56. The second-order valence-electron chi connectivity index (χ2n) is 8.83. The minimum atomic E-state index is -0.263. The van der Waals surface area contributed by atoms with Crippen molar-refractivity contribution in [2.45, 2.75) is 65.2 Å². The highest BCUT2D eigenvalue weighted by Gasteiger charge is 2.26. The van der Waals surface area contributed by atoms with Gasteiger partial charge in [-0.1, -0.05) is 59.7 Å². The molecule has 2 aromatic carbocycles. The van der Waals surface area contributed by atoms with Crippen LogP contribution in [0.4, 0.5) is 11.4 Å². The third-order valence-electron chi connectivity index (χ3n) is 5.96. The molecule has 0 unspecified atom stereocenters. The fourth-order valence-corrected chi connectivity index (χ4v) is 3.07. The molecule has 0 aliphatic heterocycles. The van der Waals surface area contributed by atoms with E-state index in [4.69, 9.17) is 4.74 Å². The second kappa shape index (κ2) is 9.79. The molecule has 0 aliphatic carbocycles. The highest BCUT2D eigenvalue weighted by Crippen LogP contribution is 2.38. The first-order chi connectivity index (χ1) is 14.1. The number of rotatable bonds is 10. The Hall–Kier alpha value is -2.82. The number of carbonyl (C=O) groups excluding carboxylic acids is 2. The van der Waals surface area contributed by atoms with Crippen molar-refractivity contribution in [3.05, 3.63) is 53.6 Å². The zero-order chi connectivity index (χ0) is 22.4. The summed E-state index contributed by atoms with van der Waals surface area (Å²) in [6.07, 6.45) is 3.62. The molecule has 2 N–H and O–H groups in total. The lowest BCUT2D eigenvalue weighted by Gasteiger charge is -2.30. The summed E-state index contributed by atoms with van der Waals surface area (Å²) in [5, 5.41) is 5.24. The third kappa shape index (κ3) is 5.85. The van der Waals surface area contributed by atoms with Gasteiger partial charge in [0.15, 0.2) is 6.61 Å². The summed E-state index contributed by atoms with van der Waals surface area (Å²) in [5.41, 5.74) is 3.53. The van der Waals surface area contributed by atoms with Crippen LogP contribution < -0.4 is 15.4 Å². The second-order valence-corrected chi connectivity index (χ2v) is 8.83. The Balaban J connectivity index is 2.18. The minimum absolute atomic E-state index is 0.0724. The molecule has 2 aromatic rings. The van der Waals surface area contributed by atoms with E-state index in [0.717, 1.165) is 24.2 Å². The van der Waals surface area contributed by atoms with Crippen LogP contribution in [-0.2, 0) is 20.4 Å². The summed E-state index contributed by atoms with van der Waals surface area (Å²) >= 11 is 0. The quantitative estimate of drug-likeness (QED) is 0.505. The van der Waals surface area contributed by atoms with Gasteiger partial charge >= 0.3 is 6.41 Å². The number of carbonyl (C=O) groups is 1. The first kappa shape index (κ1) is 23.5. The molecule has 0 saturated carbocycles. The van der Waals surface area contributed by atoms with E-state index in [1.165, 1.54) is 5.56 Å². The number of nitrogens with one attached hydrogen (secondary N) is 2. The maximum atomic E-state index is 12.4. The van der Waals surface area contributed by atoms with Crippen LogP contribution in [0.1, 0.15) is 65.5 Å². The van der Waals surface area contributed by atoms with E-state index in [1.807, 2.05) is 6.07 Å². The Labute approximate surface area is 180 Å². The molecule has 0 atom stereocenters. The van der Waals surface area contributed by atoms with Gasteiger partial charge in [-0.25, -0.2) is 0 Å². The van der Waals surface area contributed by atoms with Crippen LogP contribution in [0.5, 0.6) is 5.75 Å². The lowest BCUT2D eigenvalue weighted by Crippen LogP contribution is -2.24. The summed E-state index contributed by atoms with van der Waals surface area (Å²) in [5.74, 6) is 0.471. The molecule has 1 radical (unpaired) electrons. The van der Waals surface area contributed by atoms with Gasteiger partial charge in [-0.2, -0.15) is 0 Å². The molecule has 2 rings (SSSR count). The largest absolute Gasteiger partial charge is 0.483 e. The molecule has 5 nitrogen and oxygen atoms in total. The van der Waals surface area contributed by atoms with Crippen LogP contribution in [0.25, 0.3) is 0 Å². The van der Waals surface area contributed by atoms with Crippen molar-refractivity contribution >= 4 is 23.7 Å². The summed E-state index contributed by atoms with van der Waals surface area (Å²) in [4.78, 5) is 22.9. The van der Waals surface area contributed by atoms with Crippen molar-refractivity contribution in [3.8, 4) is 5.75 Å². The lowest BCUT2D eigenvalue weighted by atomic mass is 9.76. The van der Waals surface area contributed by atoms with Gasteiger partial charge in [-0.15, -0.1) is 0 Å². The van der Waals surface area contributed by atoms with Crippen molar-refractivity contribution in [1.82, 2.24) is 0 Å². The summed E-state index contributed by atoms with van der Waals surface area (Å²) in [7, 11) is 0. The monoisotopic (exact) mass is 409 g/mol. The van der Waals surface area contributed by atoms with E-state index in [-0.39, 0.29) is 23.3 Å². The number of hydrogen-bond acceptors (Lipinski definition) is 3. The minimum Gasteiger partial charge on any atom is -0.483 e. The number of anilines is 2. The number of amides is 2. The molecular weight excluding hydrogens is 376 g/mol. The van der Waals surface area contributed by atoms with Gasteiger partial charge in [-0.3, -0.25) is 9.59 Å². The zero-order valence-corrected chi connectivity index (χ0v) is 18.9. The molecule has 5 heteroatoms. The molecule has 161 valence electrons.